The van der Waals surface area contributed by atoms with E-state index in [2.05, 4.69) is 0 Å². The summed E-state index contributed by atoms with van der Waals surface area (Å²) in [6.45, 7) is 0. The molecule has 66 valence electrons. The summed E-state index contributed by atoms with van der Waals surface area (Å²) in [5, 5.41) is 0. The van der Waals surface area contributed by atoms with E-state index in [0.29, 0.717) is 6.10 Å². The average molecular weight is 172 g/mol. The first-order valence-corrected chi connectivity index (χ1v) is 6.46. The zero-order valence-corrected chi connectivity index (χ0v) is 9.64. The molecule has 0 amide bonds. The van der Waals surface area contributed by atoms with Crippen LogP contribution in [-0.4, -0.2) is 22.6 Å². The Kier molecular flexibility index (Phi) is 4.87. The summed E-state index contributed by atoms with van der Waals surface area (Å²) < 4.78 is 5.68. The highest BCUT2D eigenvalue weighted by molar-refractivity contribution is 6.08. The summed E-state index contributed by atoms with van der Waals surface area (Å²) in [6.07, 6.45) is 11.4. The first-order valence-electron chi connectivity index (χ1n) is 5.05. The fourth-order valence-corrected chi connectivity index (χ4v) is 2.29. The van der Waals surface area contributed by atoms with Gasteiger partial charge in [-0.2, -0.15) is 0 Å². The zero-order chi connectivity index (χ0) is 7.94. The van der Waals surface area contributed by atoms with Crippen LogP contribution in [0.5, 0.6) is 0 Å². The van der Waals surface area contributed by atoms with E-state index in [1.165, 1.54) is 55.2 Å². The molecule has 0 saturated heterocycles. The van der Waals surface area contributed by atoms with E-state index in [0.717, 1.165) is 6.23 Å². The Morgan fingerprint density at radius 3 is 2.09 bits per heavy atom. The van der Waals surface area contributed by atoms with Gasteiger partial charge in [0, 0.05) is 16.5 Å². The van der Waals surface area contributed by atoms with Gasteiger partial charge in [-0.05, 0) is 12.8 Å². The summed E-state index contributed by atoms with van der Waals surface area (Å²) in [5.74, 6) is 0. The second kappa shape index (κ2) is 5.78. The Morgan fingerprint density at radius 1 is 1.00 bits per heavy atom. The fraction of sp³-hybridized carbons (Fsp3) is 1.00. The Bertz CT molecular complexity index is 87.6. The lowest BCUT2D eigenvalue weighted by Gasteiger charge is -2.19. The minimum atomic E-state index is 0.618. The van der Waals surface area contributed by atoms with Crippen LogP contribution >= 0.6 is 0 Å². The number of ether oxygens (including phenoxy) is 1. The third-order valence-corrected chi connectivity index (χ3v) is 2.79. The number of hydrogen-bond donors (Lipinski definition) is 0. The van der Waals surface area contributed by atoms with Crippen molar-refractivity contribution in [3.05, 3.63) is 0 Å². The average Bonchev–Trinajstić information content (AvgIpc) is 1.94. The van der Waals surface area contributed by atoms with Crippen LogP contribution in [0.3, 0.4) is 0 Å². The predicted octanol–water partition coefficient (Wildman–Crippen LogP) is 1.44. The van der Waals surface area contributed by atoms with Gasteiger partial charge in [-0.1, -0.05) is 32.1 Å². The van der Waals surface area contributed by atoms with E-state index < -0.39 is 0 Å². The zero-order valence-electron chi connectivity index (χ0n) is 7.64. The Morgan fingerprint density at radius 2 is 1.55 bits per heavy atom. The van der Waals surface area contributed by atoms with Gasteiger partial charge in [-0.15, -0.1) is 0 Å². The highest BCUT2D eigenvalue weighted by Crippen LogP contribution is 2.18. The highest BCUT2D eigenvalue weighted by Gasteiger charge is 2.09. The third-order valence-electron chi connectivity index (χ3n) is 2.45. The molecule has 0 unspecified atom stereocenters. The van der Waals surface area contributed by atoms with Crippen LogP contribution in [0.25, 0.3) is 0 Å². The summed E-state index contributed by atoms with van der Waals surface area (Å²) in [7, 11) is 1.20. The molecule has 0 aromatic heterocycles. The molecule has 0 heterocycles. The standard InChI is InChI=1S/C9H20OSi/c11-8-10-9-6-4-2-1-3-5-7-9/h9H,1-8H2,11H3. The maximum Gasteiger partial charge on any atom is 0.0570 e. The molecule has 0 aromatic rings. The van der Waals surface area contributed by atoms with Crippen molar-refractivity contribution in [2.24, 2.45) is 0 Å². The number of rotatable bonds is 2. The fourth-order valence-electron chi connectivity index (χ4n) is 1.82. The van der Waals surface area contributed by atoms with Gasteiger partial charge in [-0.3, -0.25) is 0 Å². The van der Waals surface area contributed by atoms with Crippen LogP contribution < -0.4 is 0 Å². The van der Waals surface area contributed by atoms with Gasteiger partial charge in [0.15, 0.2) is 0 Å². The van der Waals surface area contributed by atoms with Gasteiger partial charge >= 0.3 is 0 Å². The Balaban J connectivity index is 2.15. The van der Waals surface area contributed by atoms with Crippen molar-refractivity contribution < 1.29 is 4.74 Å². The van der Waals surface area contributed by atoms with E-state index >= 15 is 0 Å². The first kappa shape index (κ1) is 9.27. The molecule has 1 fully saturated rings. The Labute approximate surface area is 72.9 Å². The minimum Gasteiger partial charge on any atom is -0.383 e. The monoisotopic (exact) mass is 172 g/mol. The normalized spacial score (nSPS) is 22.9. The van der Waals surface area contributed by atoms with Gasteiger partial charge < -0.3 is 4.74 Å². The molecule has 1 rings (SSSR count). The molecule has 2 heteroatoms. The molecule has 0 N–H and O–H groups in total. The van der Waals surface area contributed by atoms with Crippen LogP contribution in [0.1, 0.15) is 44.9 Å². The number of hydrogen-bond acceptors (Lipinski definition) is 1. The van der Waals surface area contributed by atoms with Crippen molar-refractivity contribution in [3.8, 4) is 0 Å². The van der Waals surface area contributed by atoms with E-state index in [9.17, 15) is 0 Å². The second-order valence-electron chi connectivity index (χ2n) is 3.42. The van der Waals surface area contributed by atoms with Crippen molar-refractivity contribution in [1.29, 1.82) is 0 Å². The maximum atomic E-state index is 5.68. The molecule has 0 aliphatic heterocycles. The van der Waals surface area contributed by atoms with Gasteiger partial charge in [0.2, 0.25) is 0 Å². The first-order chi connectivity index (χ1) is 5.43. The summed E-state index contributed by atoms with van der Waals surface area (Å²) in [6, 6.07) is 0. The van der Waals surface area contributed by atoms with Crippen LogP contribution in [0.2, 0.25) is 0 Å². The van der Waals surface area contributed by atoms with E-state index in [1.54, 1.807) is 0 Å². The van der Waals surface area contributed by atoms with E-state index in [4.69, 9.17) is 4.74 Å². The Hall–Kier alpha value is 0.177. The lowest BCUT2D eigenvalue weighted by Crippen LogP contribution is -2.15. The quantitative estimate of drug-likeness (QED) is 0.573. The molecule has 0 radical (unpaired) electrons. The van der Waals surface area contributed by atoms with Crippen LogP contribution in [0, 0.1) is 0 Å². The largest absolute Gasteiger partial charge is 0.383 e. The predicted molar refractivity (Wildman–Crippen MR) is 52.0 cm³/mol. The van der Waals surface area contributed by atoms with Crippen molar-refractivity contribution >= 4 is 10.2 Å². The molecule has 1 aliphatic rings. The van der Waals surface area contributed by atoms with Gasteiger partial charge in [0.05, 0.1) is 6.10 Å². The van der Waals surface area contributed by atoms with Crippen molar-refractivity contribution in [2.75, 3.05) is 6.23 Å². The topological polar surface area (TPSA) is 9.23 Å². The lowest BCUT2D eigenvalue weighted by atomic mass is 9.99. The highest BCUT2D eigenvalue weighted by atomic mass is 28.1. The second-order valence-corrected chi connectivity index (χ2v) is 4.00. The molecule has 0 spiro atoms. The van der Waals surface area contributed by atoms with E-state index in [1.807, 2.05) is 0 Å². The third kappa shape index (κ3) is 3.92. The molecule has 0 bridgehead atoms. The minimum absolute atomic E-state index is 0.618. The smallest absolute Gasteiger partial charge is 0.0570 e. The van der Waals surface area contributed by atoms with Gasteiger partial charge in [0.1, 0.15) is 0 Å². The van der Waals surface area contributed by atoms with Crippen molar-refractivity contribution in [1.82, 2.24) is 0 Å². The molecular formula is C9H20OSi. The molecule has 0 aromatic carbocycles. The lowest BCUT2D eigenvalue weighted by molar-refractivity contribution is 0.0657. The molecule has 1 saturated carbocycles. The summed E-state index contributed by atoms with van der Waals surface area (Å²) in [5.41, 5.74) is 0. The van der Waals surface area contributed by atoms with Crippen molar-refractivity contribution in [2.45, 2.75) is 51.0 Å². The van der Waals surface area contributed by atoms with Crippen molar-refractivity contribution in [3.63, 3.8) is 0 Å². The molecular weight excluding hydrogens is 152 g/mol. The van der Waals surface area contributed by atoms with E-state index in [-0.39, 0.29) is 0 Å². The molecule has 0 atom stereocenters. The molecule has 1 aliphatic carbocycles. The SMILES string of the molecule is [SiH3]COC1CCCCCCC1. The van der Waals surface area contributed by atoms with Crippen LogP contribution in [-0.2, 0) is 4.74 Å². The maximum absolute atomic E-state index is 5.68. The van der Waals surface area contributed by atoms with Crippen LogP contribution in [0.15, 0.2) is 0 Å². The summed E-state index contributed by atoms with van der Waals surface area (Å²) in [4.78, 5) is 0. The van der Waals surface area contributed by atoms with Gasteiger partial charge in [-0.25, -0.2) is 0 Å². The molecule has 11 heavy (non-hydrogen) atoms. The van der Waals surface area contributed by atoms with Crippen LogP contribution in [0.4, 0.5) is 0 Å². The molecule has 1 nitrogen and oxygen atoms in total. The summed E-state index contributed by atoms with van der Waals surface area (Å²) >= 11 is 0. The van der Waals surface area contributed by atoms with Gasteiger partial charge in [0.25, 0.3) is 0 Å².